The summed E-state index contributed by atoms with van der Waals surface area (Å²) in [7, 11) is 0. The van der Waals surface area contributed by atoms with Crippen molar-refractivity contribution in [2.24, 2.45) is 5.92 Å². The van der Waals surface area contributed by atoms with Crippen LogP contribution in [0.15, 0.2) is 6.07 Å². The van der Waals surface area contributed by atoms with E-state index >= 15 is 0 Å². The van der Waals surface area contributed by atoms with Crippen LogP contribution >= 0.6 is 0 Å². The van der Waals surface area contributed by atoms with Gasteiger partial charge >= 0.3 is 6.18 Å². The minimum absolute atomic E-state index is 0.133. The molecule has 4 nitrogen and oxygen atoms in total. The van der Waals surface area contributed by atoms with Crippen molar-refractivity contribution in [1.29, 1.82) is 0 Å². The van der Waals surface area contributed by atoms with Crippen molar-refractivity contribution < 1.29 is 13.2 Å². The molecule has 1 fully saturated rings. The largest absolute Gasteiger partial charge is 0.451 e. The predicted octanol–water partition coefficient (Wildman–Crippen LogP) is 1.90. The van der Waals surface area contributed by atoms with Gasteiger partial charge in [-0.25, -0.2) is 9.97 Å². The molecule has 0 spiro atoms. The van der Waals surface area contributed by atoms with Gasteiger partial charge in [-0.05, 0) is 12.3 Å². The third kappa shape index (κ3) is 2.34. The van der Waals surface area contributed by atoms with E-state index in [-0.39, 0.29) is 17.7 Å². The van der Waals surface area contributed by atoms with Crippen LogP contribution in [0.25, 0.3) is 0 Å². The second-order valence-electron chi connectivity index (χ2n) is 3.96. The standard InChI is InChI=1S/C9H11F3N4/c1-4-2-5(4)14-7-3-6(13)15-8(16-7)9(10,11)12/h3-5H,2H2,1H3,(H3,13,14,15,16). The molecule has 2 rings (SSSR count). The molecule has 1 aliphatic rings. The van der Waals surface area contributed by atoms with Gasteiger partial charge in [0.05, 0.1) is 0 Å². The molecule has 0 saturated heterocycles. The van der Waals surface area contributed by atoms with Gasteiger partial charge in [-0.1, -0.05) is 6.92 Å². The van der Waals surface area contributed by atoms with Gasteiger partial charge in [0.15, 0.2) is 0 Å². The Morgan fingerprint density at radius 1 is 1.44 bits per heavy atom. The first kappa shape index (κ1) is 11.0. The summed E-state index contributed by atoms with van der Waals surface area (Å²) < 4.78 is 37.1. The molecule has 0 amide bonds. The van der Waals surface area contributed by atoms with E-state index in [9.17, 15) is 13.2 Å². The fourth-order valence-electron chi connectivity index (χ4n) is 1.38. The molecule has 0 radical (unpaired) electrons. The number of anilines is 2. The third-order valence-corrected chi connectivity index (χ3v) is 2.44. The molecule has 0 aliphatic heterocycles. The fourth-order valence-corrected chi connectivity index (χ4v) is 1.38. The highest BCUT2D eigenvalue weighted by Gasteiger charge is 2.37. The summed E-state index contributed by atoms with van der Waals surface area (Å²) in [6.45, 7) is 2.01. The van der Waals surface area contributed by atoms with Crippen LogP contribution in [0.1, 0.15) is 19.2 Å². The smallest absolute Gasteiger partial charge is 0.384 e. The van der Waals surface area contributed by atoms with Gasteiger partial charge in [0.1, 0.15) is 11.6 Å². The van der Waals surface area contributed by atoms with Crippen LogP contribution in [0.5, 0.6) is 0 Å². The van der Waals surface area contributed by atoms with Gasteiger partial charge < -0.3 is 11.1 Å². The molecule has 7 heteroatoms. The number of nitrogen functional groups attached to an aromatic ring is 1. The number of nitrogens with one attached hydrogen (secondary N) is 1. The number of nitrogens with zero attached hydrogens (tertiary/aromatic N) is 2. The van der Waals surface area contributed by atoms with Gasteiger partial charge in [0.25, 0.3) is 0 Å². The SMILES string of the molecule is CC1CC1Nc1cc(N)nc(C(F)(F)F)n1. The Labute approximate surface area is 90.1 Å². The van der Waals surface area contributed by atoms with Crippen LogP contribution in [0.3, 0.4) is 0 Å². The number of nitrogens with two attached hydrogens (primary N) is 1. The Morgan fingerprint density at radius 2 is 2.06 bits per heavy atom. The molecule has 16 heavy (non-hydrogen) atoms. The van der Waals surface area contributed by atoms with E-state index in [4.69, 9.17) is 5.73 Å². The lowest BCUT2D eigenvalue weighted by Crippen LogP contribution is -2.15. The number of alkyl halides is 3. The van der Waals surface area contributed by atoms with E-state index in [0.717, 1.165) is 6.42 Å². The zero-order valence-corrected chi connectivity index (χ0v) is 8.54. The van der Waals surface area contributed by atoms with E-state index < -0.39 is 12.0 Å². The van der Waals surface area contributed by atoms with Crippen molar-refractivity contribution in [1.82, 2.24) is 9.97 Å². The van der Waals surface area contributed by atoms with Crippen LogP contribution < -0.4 is 11.1 Å². The summed E-state index contributed by atoms with van der Waals surface area (Å²) in [5, 5.41) is 2.89. The molecule has 1 saturated carbocycles. The van der Waals surface area contributed by atoms with Crippen molar-refractivity contribution in [2.45, 2.75) is 25.6 Å². The van der Waals surface area contributed by atoms with Crippen molar-refractivity contribution in [3.8, 4) is 0 Å². The Morgan fingerprint density at radius 3 is 2.56 bits per heavy atom. The van der Waals surface area contributed by atoms with E-state index in [0.29, 0.717) is 5.92 Å². The van der Waals surface area contributed by atoms with Gasteiger partial charge in [-0.3, -0.25) is 0 Å². The molecule has 0 bridgehead atoms. The molecule has 1 aromatic heterocycles. The van der Waals surface area contributed by atoms with Crippen molar-refractivity contribution in [2.75, 3.05) is 11.1 Å². The molecule has 0 aromatic carbocycles. The van der Waals surface area contributed by atoms with E-state index in [2.05, 4.69) is 15.3 Å². The van der Waals surface area contributed by atoms with Gasteiger partial charge in [0.2, 0.25) is 5.82 Å². The van der Waals surface area contributed by atoms with Crippen molar-refractivity contribution in [3.05, 3.63) is 11.9 Å². The minimum Gasteiger partial charge on any atom is -0.384 e. The normalized spacial score (nSPS) is 24.2. The predicted molar refractivity (Wildman–Crippen MR) is 52.6 cm³/mol. The van der Waals surface area contributed by atoms with Crippen LogP contribution in [-0.2, 0) is 6.18 Å². The highest BCUT2D eigenvalue weighted by Crippen LogP contribution is 2.33. The first-order chi connectivity index (χ1) is 7.36. The summed E-state index contributed by atoms with van der Waals surface area (Å²) in [6, 6.07) is 1.50. The molecule has 1 aliphatic carbocycles. The summed E-state index contributed by atoms with van der Waals surface area (Å²) in [5.74, 6) is -0.791. The van der Waals surface area contributed by atoms with Crippen LogP contribution in [0.4, 0.5) is 24.8 Å². The van der Waals surface area contributed by atoms with E-state index in [1.54, 1.807) is 0 Å². The highest BCUT2D eigenvalue weighted by atomic mass is 19.4. The van der Waals surface area contributed by atoms with Crippen molar-refractivity contribution in [3.63, 3.8) is 0 Å². The Bertz CT molecular complexity index is 404. The fraction of sp³-hybridized carbons (Fsp3) is 0.556. The Hall–Kier alpha value is -1.53. The quantitative estimate of drug-likeness (QED) is 0.817. The zero-order valence-electron chi connectivity index (χ0n) is 8.54. The monoisotopic (exact) mass is 232 g/mol. The molecule has 1 aromatic rings. The maximum absolute atomic E-state index is 12.4. The number of aromatic nitrogens is 2. The summed E-state index contributed by atoms with van der Waals surface area (Å²) in [4.78, 5) is 6.55. The lowest BCUT2D eigenvalue weighted by molar-refractivity contribution is -0.144. The average Bonchev–Trinajstić information content (AvgIpc) is 2.79. The maximum atomic E-state index is 12.4. The number of hydrogen-bond donors (Lipinski definition) is 2. The highest BCUT2D eigenvalue weighted by molar-refractivity contribution is 5.46. The number of halogens is 3. The summed E-state index contributed by atoms with van der Waals surface area (Å²) in [5.41, 5.74) is 5.30. The molecular formula is C9H11F3N4. The average molecular weight is 232 g/mol. The van der Waals surface area contributed by atoms with Gasteiger partial charge in [-0.15, -0.1) is 0 Å². The second kappa shape index (κ2) is 3.50. The molecule has 1 heterocycles. The minimum atomic E-state index is -4.57. The second-order valence-corrected chi connectivity index (χ2v) is 3.96. The lowest BCUT2D eigenvalue weighted by atomic mass is 10.4. The van der Waals surface area contributed by atoms with Crippen LogP contribution in [0.2, 0.25) is 0 Å². The molecule has 2 atom stereocenters. The van der Waals surface area contributed by atoms with E-state index in [1.807, 2.05) is 6.92 Å². The van der Waals surface area contributed by atoms with E-state index in [1.165, 1.54) is 6.07 Å². The number of hydrogen-bond acceptors (Lipinski definition) is 4. The lowest BCUT2D eigenvalue weighted by Gasteiger charge is -2.09. The molecule has 2 unspecified atom stereocenters. The molecular weight excluding hydrogens is 221 g/mol. The maximum Gasteiger partial charge on any atom is 0.451 e. The summed E-state index contributed by atoms with van der Waals surface area (Å²) >= 11 is 0. The molecule has 3 N–H and O–H groups in total. The first-order valence-corrected chi connectivity index (χ1v) is 4.84. The van der Waals surface area contributed by atoms with Crippen LogP contribution in [-0.4, -0.2) is 16.0 Å². The summed E-state index contributed by atoms with van der Waals surface area (Å²) in [6.07, 6.45) is -3.63. The van der Waals surface area contributed by atoms with Gasteiger partial charge in [0, 0.05) is 12.1 Å². The van der Waals surface area contributed by atoms with Crippen molar-refractivity contribution >= 4 is 11.6 Å². The van der Waals surface area contributed by atoms with Crippen LogP contribution in [0, 0.1) is 5.92 Å². The topological polar surface area (TPSA) is 63.8 Å². The third-order valence-electron chi connectivity index (χ3n) is 2.44. The molecule has 88 valence electrons. The zero-order chi connectivity index (χ0) is 11.9. The number of rotatable bonds is 2. The first-order valence-electron chi connectivity index (χ1n) is 4.84. The van der Waals surface area contributed by atoms with Gasteiger partial charge in [-0.2, -0.15) is 13.2 Å². The Kier molecular flexibility index (Phi) is 2.40. The Balaban J connectivity index is 2.22.